The number of sulfonamides is 1. The first-order valence-electron chi connectivity index (χ1n) is 12.2. The Labute approximate surface area is 226 Å². The number of aromatic nitrogens is 2. The molecule has 204 valence electrons. The first kappa shape index (κ1) is 27.9. The number of rotatable bonds is 9. The average molecular weight is 552 g/mol. The third kappa shape index (κ3) is 6.68. The number of hydrogen-bond acceptors (Lipinski definition) is 7. The van der Waals surface area contributed by atoms with Crippen molar-refractivity contribution in [3.05, 3.63) is 101 Å². The highest BCUT2D eigenvalue weighted by Crippen LogP contribution is 2.29. The zero-order valence-corrected chi connectivity index (χ0v) is 22.9. The molecule has 1 heterocycles. The molecule has 1 unspecified atom stereocenters. The zero-order chi connectivity index (χ0) is 28.4. The van der Waals surface area contributed by atoms with E-state index >= 15 is 0 Å². The minimum Gasteiger partial charge on any atom is -0.346 e. The number of hydrogen-bond donors (Lipinski definition) is 2. The zero-order valence-electron chi connectivity index (χ0n) is 22.1. The second-order valence-electron chi connectivity index (χ2n) is 9.75. The van der Waals surface area contributed by atoms with E-state index in [0.717, 1.165) is 16.1 Å². The third-order valence-electron chi connectivity index (χ3n) is 6.36. The third-order valence-corrected chi connectivity index (χ3v) is 7.56. The van der Waals surface area contributed by atoms with Gasteiger partial charge in [-0.15, -0.1) is 0 Å². The van der Waals surface area contributed by atoms with Crippen molar-refractivity contribution in [2.75, 3.05) is 17.6 Å². The molecular formula is C28H30FN5O4S. The summed E-state index contributed by atoms with van der Waals surface area (Å²) < 4.78 is 44.5. The Kier molecular flexibility index (Phi) is 7.84. The van der Waals surface area contributed by atoms with Crippen molar-refractivity contribution in [1.82, 2.24) is 15.5 Å². The van der Waals surface area contributed by atoms with Gasteiger partial charge in [0, 0.05) is 18.2 Å². The van der Waals surface area contributed by atoms with Crippen molar-refractivity contribution in [2.45, 2.75) is 31.8 Å². The SMILES string of the molecule is C[C@@H](NC(=O)c1cc(-c2nc(C(C)(N)Cc3ccccc3)no2)cc(N(C)S(C)(=O)=O)c1)c1ccc(F)cc1. The average Bonchev–Trinajstić information content (AvgIpc) is 3.40. The lowest BCUT2D eigenvalue weighted by Gasteiger charge is -2.20. The van der Waals surface area contributed by atoms with Gasteiger partial charge in [0.15, 0.2) is 5.82 Å². The molecule has 0 aliphatic rings. The van der Waals surface area contributed by atoms with Crippen LogP contribution in [-0.4, -0.2) is 37.8 Å². The van der Waals surface area contributed by atoms with Gasteiger partial charge in [0.2, 0.25) is 10.0 Å². The van der Waals surface area contributed by atoms with Crippen LogP contribution < -0.4 is 15.4 Å². The Bertz CT molecular complexity index is 1570. The second kappa shape index (κ2) is 11.0. The van der Waals surface area contributed by atoms with Crippen LogP contribution in [0.4, 0.5) is 10.1 Å². The van der Waals surface area contributed by atoms with Crippen LogP contribution in [-0.2, 0) is 22.0 Å². The molecule has 0 spiro atoms. The molecule has 3 N–H and O–H groups in total. The highest BCUT2D eigenvalue weighted by Gasteiger charge is 2.29. The van der Waals surface area contributed by atoms with Crippen LogP contribution in [0.5, 0.6) is 0 Å². The molecule has 4 aromatic rings. The van der Waals surface area contributed by atoms with Crippen molar-refractivity contribution in [1.29, 1.82) is 0 Å². The Morgan fingerprint density at radius 1 is 1.13 bits per heavy atom. The summed E-state index contributed by atoms with van der Waals surface area (Å²) in [6, 6.07) is 19.5. The summed E-state index contributed by atoms with van der Waals surface area (Å²) in [5, 5.41) is 6.94. The van der Waals surface area contributed by atoms with Gasteiger partial charge in [-0.05, 0) is 61.7 Å². The van der Waals surface area contributed by atoms with Crippen LogP contribution in [0.1, 0.15) is 47.2 Å². The molecule has 0 bridgehead atoms. The first-order valence-corrected chi connectivity index (χ1v) is 14.0. The Morgan fingerprint density at radius 3 is 2.44 bits per heavy atom. The lowest BCUT2D eigenvalue weighted by atomic mass is 9.93. The number of nitrogens with one attached hydrogen (secondary N) is 1. The van der Waals surface area contributed by atoms with E-state index in [-0.39, 0.29) is 28.8 Å². The van der Waals surface area contributed by atoms with Crippen LogP contribution in [0.25, 0.3) is 11.5 Å². The molecule has 3 aromatic carbocycles. The number of nitrogens with zero attached hydrogens (tertiary/aromatic N) is 3. The number of amides is 1. The van der Waals surface area contributed by atoms with Gasteiger partial charge in [0.25, 0.3) is 11.8 Å². The molecule has 0 saturated carbocycles. The topological polar surface area (TPSA) is 131 Å². The van der Waals surface area contributed by atoms with Crippen molar-refractivity contribution in [2.24, 2.45) is 5.73 Å². The summed E-state index contributed by atoms with van der Waals surface area (Å²) in [6.07, 6.45) is 1.52. The van der Waals surface area contributed by atoms with Crippen LogP contribution in [0.3, 0.4) is 0 Å². The van der Waals surface area contributed by atoms with E-state index in [1.165, 1.54) is 31.3 Å². The Balaban J connectivity index is 1.67. The molecule has 4 rings (SSSR count). The molecule has 2 atom stereocenters. The fraction of sp³-hybridized carbons (Fsp3) is 0.250. The number of carbonyl (C=O) groups excluding carboxylic acids is 1. The summed E-state index contributed by atoms with van der Waals surface area (Å²) in [7, 11) is -2.26. The van der Waals surface area contributed by atoms with Gasteiger partial charge < -0.3 is 15.6 Å². The fourth-order valence-electron chi connectivity index (χ4n) is 4.03. The molecular weight excluding hydrogens is 521 g/mol. The normalized spacial score (nSPS) is 13.9. The largest absolute Gasteiger partial charge is 0.346 e. The molecule has 39 heavy (non-hydrogen) atoms. The molecule has 0 saturated heterocycles. The van der Waals surface area contributed by atoms with Crippen molar-refractivity contribution >= 4 is 21.6 Å². The highest BCUT2D eigenvalue weighted by atomic mass is 32.2. The maximum atomic E-state index is 13.3. The Morgan fingerprint density at radius 2 is 1.79 bits per heavy atom. The molecule has 1 amide bonds. The standard InChI is InChI=1S/C28H30FN5O4S/c1-18(20-10-12-23(29)13-11-20)31-25(35)21-14-22(16-24(15-21)34(3)39(4,36)37)26-32-27(33-38-26)28(2,30)17-19-8-6-5-7-9-19/h5-16,18H,17,30H2,1-4H3,(H,31,35)/t18-,28?/m1/s1. The van der Waals surface area contributed by atoms with Crippen LogP contribution >= 0.6 is 0 Å². The maximum Gasteiger partial charge on any atom is 0.258 e. The van der Waals surface area contributed by atoms with Crippen LogP contribution in [0.2, 0.25) is 0 Å². The van der Waals surface area contributed by atoms with Gasteiger partial charge in [-0.25, -0.2) is 12.8 Å². The lowest BCUT2D eigenvalue weighted by Crippen LogP contribution is -2.36. The molecule has 9 nitrogen and oxygen atoms in total. The molecule has 11 heteroatoms. The van der Waals surface area contributed by atoms with Gasteiger partial charge in [-0.3, -0.25) is 9.10 Å². The summed E-state index contributed by atoms with van der Waals surface area (Å²) in [6.45, 7) is 3.55. The van der Waals surface area contributed by atoms with Crippen molar-refractivity contribution < 1.29 is 22.1 Å². The molecule has 0 aliphatic heterocycles. The summed E-state index contributed by atoms with van der Waals surface area (Å²) >= 11 is 0. The number of carbonyl (C=O) groups is 1. The van der Waals surface area contributed by atoms with Gasteiger partial charge in [-0.1, -0.05) is 47.6 Å². The molecule has 0 aliphatic carbocycles. The molecule has 1 aromatic heterocycles. The van der Waals surface area contributed by atoms with E-state index in [1.54, 1.807) is 32.0 Å². The highest BCUT2D eigenvalue weighted by molar-refractivity contribution is 7.92. The predicted molar refractivity (Wildman–Crippen MR) is 147 cm³/mol. The smallest absolute Gasteiger partial charge is 0.258 e. The van der Waals surface area contributed by atoms with E-state index in [4.69, 9.17) is 10.3 Å². The van der Waals surface area contributed by atoms with E-state index in [2.05, 4.69) is 15.5 Å². The van der Waals surface area contributed by atoms with E-state index < -0.39 is 27.5 Å². The quantitative estimate of drug-likeness (QED) is 0.319. The first-order chi connectivity index (χ1) is 18.3. The van der Waals surface area contributed by atoms with Crippen LogP contribution in [0, 0.1) is 5.82 Å². The Hall–Kier alpha value is -4.09. The van der Waals surface area contributed by atoms with Gasteiger partial charge in [-0.2, -0.15) is 4.98 Å². The maximum absolute atomic E-state index is 13.3. The van der Waals surface area contributed by atoms with E-state index in [0.29, 0.717) is 17.5 Å². The van der Waals surface area contributed by atoms with Gasteiger partial charge in [0.05, 0.1) is 23.5 Å². The van der Waals surface area contributed by atoms with E-state index in [1.807, 2.05) is 30.3 Å². The predicted octanol–water partition coefficient (Wildman–Crippen LogP) is 4.18. The number of benzene rings is 3. The second-order valence-corrected chi connectivity index (χ2v) is 11.8. The van der Waals surface area contributed by atoms with Crippen LogP contribution in [0.15, 0.2) is 77.3 Å². The number of halogens is 1. The van der Waals surface area contributed by atoms with Crippen molar-refractivity contribution in [3.8, 4) is 11.5 Å². The summed E-state index contributed by atoms with van der Waals surface area (Å²) in [5.74, 6) is -0.503. The molecule has 0 radical (unpaired) electrons. The summed E-state index contributed by atoms with van der Waals surface area (Å²) in [5.41, 5.74) is 8.04. The van der Waals surface area contributed by atoms with Gasteiger partial charge in [0.1, 0.15) is 5.82 Å². The lowest BCUT2D eigenvalue weighted by molar-refractivity contribution is 0.0940. The minimum atomic E-state index is -3.64. The fourth-order valence-corrected chi connectivity index (χ4v) is 4.51. The van der Waals surface area contributed by atoms with Gasteiger partial charge >= 0.3 is 0 Å². The van der Waals surface area contributed by atoms with Crippen molar-refractivity contribution in [3.63, 3.8) is 0 Å². The monoisotopic (exact) mass is 551 g/mol. The number of anilines is 1. The minimum absolute atomic E-state index is 0.0825. The van der Waals surface area contributed by atoms with E-state index in [9.17, 15) is 17.6 Å². The summed E-state index contributed by atoms with van der Waals surface area (Å²) in [4.78, 5) is 17.7. The molecule has 0 fully saturated rings. The number of nitrogens with two attached hydrogens (primary N) is 1.